The summed E-state index contributed by atoms with van der Waals surface area (Å²) in [6.45, 7) is 0. The molecule has 0 fully saturated rings. The summed E-state index contributed by atoms with van der Waals surface area (Å²) < 4.78 is 2.60. The fraction of sp³-hybridized carbons (Fsp3) is 0. The predicted octanol–water partition coefficient (Wildman–Crippen LogP) is 3.97. The molecule has 0 radical (unpaired) electrons. The van der Waals surface area contributed by atoms with Crippen LogP contribution in [0.15, 0.2) is 22.0 Å². The first-order chi connectivity index (χ1) is 6.61. The van der Waals surface area contributed by atoms with E-state index in [1.807, 2.05) is 17.5 Å². The van der Waals surface area contributed by atoms with Crippen LogP contribution in [0.2, 0.25) is 0 Å². The fourth-order valence-electron chi connectivity index (χ4n) is 1.26. The molecule has 0 amide bonds. The first-order valence-corrected chi connectivity index (χ1v) is 6.45. The lowest BCUT2D eigenvalue weighted by atomic mass is 10.1. The normalized spacial score (nSPS) is 10.7. The van der Waals surface area contributed by atoms with Crippen LogP contribution in [0.1, 0.15) is 10.4 Å². The van der Waals surface area contributed by atoms with E-state index in [9.17, 15) is 4.79 Å². The van der Waals surface area contributed by atoms with Gasteiger partial charge in [0.1, 0.15) is 0 Å². The monoisotopic (exact) mass is 382 g/mol. The summed E-state index contributed by atoms with van der Waals surface area (Å²) in [7, 11) is 0. The third-order valence-corrected chi connectivity index (χ3v) is 5.14. The van der Waals surface area contributed by atoms with Crippen LogP contribution in [0.4, 0.5) is 0 Å². The van der Waals surface area contributed by atoms with Crippen molar-refractivity contribution >= 4 is 65.9 Å². The third kappa shape index (κ3) is 1.57. The highest BCUT2D eigenvalue weighted by Crippen LogP contribution is 2.33. The molecule has 2 aromatic rings. The van der Waals surface area contributed by atoms with Crippen LogP contribution in [-0.4, -0.2) is 11.1 Å². The van der Waals surface area contributed by atoms with Gasteiger partial charge in [-0.15, -0.1) is 11.3 Å². The lowest BCUT2D eigenvalue weighted by Gasteiger charge is -2.03. The largest absolute Gasteiger partial charge is 0.478 e. The Morgan fingerprint density at radius 3 is 2.93 bits per heavy atom. The van der Waals surface area contributed by atoms with E-state index in [1.54, 1.807) is 11.3 Å². The van der Waals surface area contributed by atoms with Gasteiger partial charge >= 0.3 is 5.97 Å². The quantitative estimate of drug-likeness (QED) is 0.758. The maximum atomic E-state index is 11.1. The number of benzene rings is 1. The number of thiophene rings is 1. The highest BCUT2D eigenvalue weighted by atomic mass is 127. The van der Waals surface area contributed by atoms with E-state index in [2.05, 4.69) is 38.5 Å². The van der Waals surface area contributed by atoms with Gasteiger partial charge < -0.3 is 5.11 Å². The van der Waals surface area contributed by atoms with Crippen molar-refractivity contribution in [1.82, 2.24) is 0 Å². The van der Waals surface area contributed by atoms with E-state index in [4.69, 9.17) is 5.11 Å². The van der Waals surface area contributed by atoms with Gasteiger partial charge in [-0.1, -0.05) is 0 Å². The molecule has 1 aromatic carbocycles. The van der Waals surface area contributed by atoms with Gasteiger partial charge in [0, 0.05) is 18.1 Å². The van der Waals surface area contributed by atoms with Crippen LogP contribution in [0.3, 0.4) is 0 Å². The van der Waals surface area contributed by atoms with Gasteiger partial charge in [-0.3, -0.25) is 0 Å². The van der Waals surface area contributed by atoms with Crippen molar-refractivity contribution in [2.45, 2.75) is 0 Å². The molecular weight excluding hydrogens is 379 g/mol. The smallest absolute Gasteiger partial charge is 0.337 e. The molecule has 0 bridgehead atoms. The first kappa shape index (κ1) is 10.4. The van der Waals surface area contributed by atoms with Crippen LogP contribution in [-0.2, 0) is 0 Å². The maximum Gasteiger partial charge on any atom is 0.337 e. The molecule has 1 aromatic heterocycles. The van der Waals surface area contributed by atoms with Crippen molar-refractivity contribution < 1.29 is 9.90 Å². The molecule has 72 valence electrons. The molecule has 0 unspecified atom stereocenters. The average Bonchev–Trinajstić information content (AvgIpc) is 2.52. The lowest BCUT2D eigenvalue weighted by Crippen LogP contribution is -1.99. The van der Waals surface area contributed by atoms with Crippen LogP contribution in [0.25, 0.3) is 10.1 Å². The minimum atomic E-state index is -0.890. The van der Waals surface area contributed by atoms with Crippen molar-refractivity contribution in [3.05, 3.63) is 31.1 Å². The Morgan fingerprint density at radius 2 is 2.29 bits per heavy atom. The molecule has 0 aliphatic carbocycles. The van der Waals surface area contributed by atoms with Crippen molar-refractivity contribution in [1.29, 1.82) is 0 Å². The summed E-state index contributed by atoms with van der Waals surface area (Å²) in [5, 5.41) is 11.8. The number of carboxylic acids is 1. The number of aromatic carboxylic acids is 1. The molecule has 5 heteroatoms. The van der Waals surface area contributed by atoms with Gasteiger partial charge in [0.15, 0.2) is 0 Å². The molecule has 1 N–H and O–H groups in total. The maximum absolute atomic E-state index is 11.1. The first-order valence-electron chi connectivity index (χ1n) is 3.69. The lowest BCUT2D eigenvalue weighted by molar-refractivity contribution is 0.0698. The van der Waals surface area contributed by atoms with Gasteiger partial charge in [-0.25, -0.2) is 4.79 Å². The van der Waals surface area contributed by atoms with E-state index in [1.165, 1.54) is 0 Å². The molecule has 2 nitrogen and oxygen atoms in total. The zero-order valence-corrected chi connectivity index (χ0v) is 11.3. The van der Waals surface area contributed by atoms with E-state index in [0.717, 1.165) is 13.7 Å². The van der Waals surface area contributed by atoms with Gasteiger partial charge in [0.2, 0.25) is 0 Å². The van der Waals surface area contributed by atoms with Crippen LogP contribution >= 0.6 is 49.9 Å². The second-order valence-corrected chi connectivity index (χ2v) is 5.59. The number of fused-ring (bicyclic) bond motifs is 1. The van der Waals surface area contributed by atoms with Crippen LogP contribution in [0.5, 0.6) is 0 Å². The van der Waals surface area contributed by atoms with Crippen molar-refractivity contribution in [3.8, 4) is 0 Å². The Morgan fingerprint density at radius 1 is 1.57 bits per heavy atom. The van der Waals surface area contributed by atoms with Crippen molar-refractivity contribution in [2.24, 2.45) is 0 Å². The van der Waals surface area contributed by atoms with Gasteiger partial charge in [0.25, 0.3) is 0 Å². The van der Waals surface area contributed by atoms with E-state index >= 15 is 0 Å². The molecule has 0 spiro atoms. The molecule has 1 heterocycles. The Balaban J connectivity index is 2.93. The second kappa shape index (κ2) is 3.79. The summed E-state index contributed by atoms with van der Waals surface area (Å²) in [5.41, 5.74) is 0.355. The summed E-state index contributed by atoms with van der Waals surface area (Å²) >= 11 is 6.98. The van der Waals surface area contributed by atoms with E-state index in [-0.39, 0.29) is 0 Å². The van der Waals surface area contributed by atoms with Gasteiger partial charge in [0.05, 0.1) is 5.56 Å². The molecule has 0 saturated carbocycles. The van der Waals surface area contributed by atoms with Crippen LogP contribution < -0.4 is 0 Å². The van der Waals surface area contributed by atoms with Gasteiger partial charge in [-0.05, 0) is 56.0 Å². The number of hydrogen-bond donors (Lipinski definition) is 1. The Bertz CT molecular complexity index is 521. The molecular formula is C9H4BrIO2S. The summed E-state index contributed by atoms with van der Waals surface area (Å²) in [4.78, 5) is 11.1. The standard InChI is InChI=1S/C9H4BrIO2S/c10-8-5(11)3-6-4(1-2-14-6)7(8)9(12)13/h1-3H,(H,12,13). The molecule has 0 atom stereocenters. The van der Waals surface area contributed by atoms with E-state index < -0.39 is 5.97 Å². The highest BCUT2D eigenvalue weighted by Gasteiger charge is 2.16. The third-order valence-electron chi connectivity index (χ3n) is 1.87. The second-order valence-electron chi connectivity index (χ2n) is 2.68. The van der Waals surface area contributed by atoms with Crippen molar-refractivity contribution in [3.63, 3.8) is 0 Å². The predicted molar refractivity (Wildman–Crippen MR) is 69.2 cm³/mol. The molecule has 2 rings (SSSR count). The molecule has 0 saturated heterocycles. The summed E-state index contributed by atoms with van der Waals surface area (Å²) in [6.07, 6.45) is 0. The minimum absolute atomic E-state index is 0.355. The number of halogens is 2. The number of carboxylic acid groups (broad SMARTS) is 1. The minimum Gasteiger partial charge on any atom is -0.478 e. The highest BCUT2D eigenvalue weighted by molar-refractivity contribution is 14.1. The molecule has 14 heavy (non-hydrogen) atoms. The zero-order valence-electron chi connectivity index (χ0n) is 6.75. The Kier molecular flexibility index (Phi) is 2.81. The molecule has 0 aliphatic rings. The van der Waals surface area contributed by atoms with Gasteiger partial charge in [-0.2, -0.15) is 0 Å². The van der Waals surface area contributed by atoms with Crippen LogP contribution in [0, 0.1) is 3.57 Å². The Labute approximate surface area is 106 Å². The molecule has 0 aliphatic heterocycles. The number of rotatable bonds is 1. The summed E-state index contributed by atoms with van der Waals surface area (Å²) in [6, 6.07) is 3.82. The van der Waals surface area contributed by atoms with Crippen molar-refractivity contribution in [2.75, 3.05) is 0 Å². The average molecular weight is 383 g/mol. The SMILES string of the molecule is O=C(O)c1c(Br)c(I)cc2sccc12. The number of hydrogen-bond acceptors (Lipinski definition) is 2. The zero-order chi connectivity index (χ0) is 10.3. The Hall–Kier alpha value is -0.140. The topological polar surface area (TPSA) is 37.3 Å². The summed E-state index contributed by atoms with van der Waals surface area (Å²) in [5.74, 6) is -0.890. The number of carbonyl (C=O) groups is 1. The van der Waals surface area contributed by atoms with E-state index in [0.29, 0.717) is 10.0 Å². The fourth-order valence-corrected chi connectivity index (χ4v) is 3.39.